The second-order valence-corrected chi connectivity index (χ2v) is 10.3. The number of rotatable bonds is 8. The Morgan fingerprint density at radius 1 is 1.20 bits per heavy atom. The summed E-state index contributed by atoms with van der Waals surface area (Å²) in [4.78, 5) is 22.0. The van der Waals surface area contributed by atoms with Crippen LogP contribution in [0.3, 0.4) is 0 Å². The van der Waals surface area contributed by atoms with Gasteiger partial charge in [-0.25, -0.2) is 4.79 Å². The zero-order chi connectivity index (χ0) is 19.2. The average Bonchev–Trinajstić information content (AvgIpc) is 2.58. The van der Waals surface area contributed by atoms with Crippen molar-refractivity contribution >= 4 is 33.1 Å². The van der Waals surface area contributed by atoms with E-state index in [9.17, 15) is 19.8 Å². The Labute approximate surface area is 161 Å². The van der Waals surface area contributed by atoms with Gasteiger partial charge in [0.25, 0.3) is 0 Å². The number of carbonyl (C=O) groups is 2. The van der Waals surface area contributed by atoms with E-state index >= 15 is 0 Å². The molecule has 0 fully saturated rings. The Morgan fingerprint density at radius 2 is 1.76 bits per heavy atom. The molecule has 0 saturated carbocycles. The van der Waals surface area contributed by atoms with Crippen molar-refractivity contribution in [2.24, 2.45) is 0 Å². The van der Waals surface area contributed by atoms with Crippen LogP contribution in [0.25, 0.3) is 0 Å². The Morgan fingerprint density at radius 3 is 2.20 bits per heavy atom. The van der Waals surface area contributed by atoms with Gasteiger partial charge < -0.3 is 19.7 Å². The monoisotopic (exact) mass is 464 g/mol. The second-order valence-electron chi connectivity index (χ2n) is 5.97. The first-order valence-electron chi connectivity index (χ1n) is 8.90. The first-order chi connectivity index (χ1) is 11.9. The molecule has 144 valence electrons. The SMILES string of the molecule is CCC[CH2][Sn][CH2]CCC.COC(=O)C1=C[C@@H](O)[C@@H](O)[C@H](OC(C)=O)C1. The molecule has 0 saturated heterocycles. The van der Waals surface area contributed by atoms with Crippen LogP contribution in [0.4, 0.5) is 0 Å². The summed E-state index contributed by atoms with van der Waals surface area (Å²) in [6, 6.07) is 0. The molecule has 0 spiro atoms. The molecule has 0 amide bonds. The van der Waals surface area contributed by atoms with E-state index < -0.39 is 30.3 Å². The second kappa shape index (κ2) is 14.6. The van der Waals surface area contributed by atoms with Crippen LogP contribution in [0.15, 0.2) is 11.6 Å². The third-order valence-electron chi connectivity index (χ3n) is 3.70. The van der Waals surface area contributed by atoms with Gasteiger partial charge in [0.05, 0.1) is 7.11 Å². The van der Waals surface area contributed by atoms with E-state index in [-0.39, 0.29) is 33.1 Å². The molecule has 3 atom stereocenters. The Kier molecular flexibility index (Phi) is 14.2. The largest absolute Gasteiger partial charge is 0.466 e. The molecule has 1 rings (SSSR count). The van der Waals surface area contributed by atoms with Crippen LogP contribution in [-0.4, -0.2) is 68.7 Å². The van der Waals surface area contributed by atoms with Crippen LogP contribution in [-0.2, 0) is 19.1 Å². The van der Waals surface area contributed by atoms with Crippen LogP contribution in [0.2, 0.25) is 8.87 Å². The summed E-state index contributed by atoms with van der Waals surface area (Å²) in [7, 11) is 1.21. The van der Waals surface area contributed by atoms with Gasteiger partial charge in [-0.1, -0.05) is 0 Å². The number of aliphatic hydroxyl groups is 2. The molecule has 0 heterocycles. The fraction of sp³-hybridized carbons (Fsp3) is 0.778. The van der Waals surface area contributed by atoms with Gasteiger partial charge in [0.15, 0.2) is 0 Å². The molecule has 0 aromatic carbocycles. The van der Waals surface area contributed by atoms with Crippen molar-refractivity contribution in [2.45, 2.75) is 80.1 Å². The van der Waals surface area contributed by atoms with E-state index in [4.69, 9.17) is 4.74 Å². The van der Waals surface area contributed by atoms with Crippen LogP contribution < -0.4 is 0 Å². The van der Waals surface area contributed by atoms with Crippen LogP contribution in [0, 0.1) is 0 Å². The van der Waals surface area contributed by atoms with E-state index in [1.807, 2.05) is 0 Å². The number of hydrogen-bond acceptors (Lipinski definition) is 6. The van der Waals surface area contributed by atoms with E-state index in [1.165, 1.54) is 45.8 Å². The molecule has 1 aliphatic carbocycles. The standard InChI is InChI=1S/C10H14O6.2C4H9.Sn/c1-5(11)16-8-4-6(10(14)15-2)3-7(12)9(8)13;2*1-3-4-2;/h3,7-9,12-13H,4H2,1-2H3;2*1,3-4H2,2H3;/t7-,8-,9-;;;/m1.../s1. The summed E-state index contributed by atoms with van der Waals surface area (Å²) in [5, 5.41) is 19.0. The molecular formula is C18H32O6Sn. The minimum absolute atomic E-state index is 0.0322. The third kappa shape index (κ3) is 10.9. The summed E-state index contributed by atoms with van der Waals surface area (Å²) in [6.45, 7) is 5.77. The van der Waals surface area contributed by atoms with E-state index in [2.05, 4.69) is 18.6 Å². The van der Waals surface area contributed by atoms with Crippen molar-refractivity contribution in [1.29, 1.82) is 0 Å². The fourth-order valence-electron chi connectivity index (χ4n) is 2.27. The molecule has 2 radical (unpaired) electrons. The smallest absolute Gasteiger partial charge is 0.333 e. The van der Waals surface area contributed by atoms with Gasteiger partial charge in [-0.2, -0.15) is 0 Å². The van der Waals surface area contributed by atoms with E-state index in [0.717, 1.165) is 0 Å². The van der Waals surface area contributed by atoms with Crippen molar-refractivity contribution in [2.75, 3.05) is 7.11 Å². The van der Waals surface area contributed by atoms with Crippen molar-refractivity contribution in [3.05, 3.63) is 11.6 Å². The first-order valence-corrected chi connectivity index (χ1v) is 12.9. The summed E-state index contributed by atoms with van der Waals surface area (Å²) < 4.78 is 12.5. The van der Waals surface area contributed by atoms with E-state index in [0.29, 0.717) is 0 Å². The molecule has 0 aromatic rings. The number of methoxy groups -OCH3 is 1. The van der Waals surface area contributed by atoms with Crippen molar-refractivity contribution < 1.29 is 29.3 Å². The topological polar surface area (TPSA) is 93.1 Å². The maximum atomic E-state index is 11.2. The molecule has 0 aliphatic heterocycles. The average molecular weight is 463 g/mol. The minimum Gasteiger partial charge on any atom is -0.466 e. The summed E-state index contributed by atoms with van der Waals surface area (Å²) >= 11 is 0.149. The molecule has 0 bridgehead atoms. The molecule has 0 unspecified atom stereocenters. The summed E-state index contributed by atoms with van der Waals surface area (Å²) in [5.41, 5.74) is 0.187. The molecule has 0 aromatic heterocycles. The Balaban J connectivity index is 0.000000547. The van der Waals surface area contributed by atoms with Gasteiger partial charge in [0.1, 0.15) is 18.3 Å². The molecule has 2 N–H and O–H groups in total. The quantitative estimate of drug-likeness (QED) is 0.326. The van der Waals surface area contributed by atoms with Crippen molar-refractivity contribution in [3.8, 4) is 0 Å². The van der Waals surface area contributed by atoms with Crippen molar-refractivity contribution in [3.63, 3.8) is 0 Å². The van der Waals surface area contributed by atoms with Crippen LogP contribution in [0.5, 0.6) is 0 Å². The van der Waals surface area contributed by atoms with Crippen LogP contribution >= 0.6 is 0 Å². The molecule has 7 heteroatoms. The van der Waals surface area contributed by atoms with E-state index in [1.54, 1.807) is 8.87 Å². The predicted molar refractivity (Wildman–Crippen MR) is 97.5 cm³/mol. The van der Waals surface area contributed by atoms with Crippen LogP contribution in [0.1, 0.15) is 52.9 Å². The molecule has 6 nitrogen and oxygen atoms in total. The number of hydrogen-bond donors (Lipinski definition) is 2. The summed E-state index contributed by atoms with van der Waals surface area (Å²) in [6.07, 6.45) is 3.68. The third-order valence-corrected chi connectivity index (χ3v) is 7.74. The minimum atomic E-state index is -1.24. The number of aliphatic hydroxyl groups excluding tert-OH is 2. The van der Waals surface area contributed by atoms with Crippen molar-refractivity contribution in [1.82, 2.24) is 0 Å². The maximum Gasteiger partial charge on any atom is 0.333 e. The maximum absolute atomic E-state index is 11.2. The molecule has 25 heavy (non-hydrogen) atoms. The Bertz CT molecular complexity index is 418. The van der Waals surface area contributed by atoms with Gasteiger partial charge in [-0.3, -0.25) is 4.79 Å². The summed E-state index contributed by atoms with van der Waals surface area (Å²) in [5.74, 6) is -1.19. The van der Waals surface area contributed by atoms with Gasteiger partial charge >= 0.3 is 81.5 Å². The van der Waals surface area contributed by atoms with Gasteiger partial charge in [-0.15, -0.1) is 0 Å². The van der Waals surface area contributed by atoms with Gasteiger partial charge in [0, 0.05) is 18.9 Å². The molecule has 1 aliphatic rings. The number of carbonyl (C=O) groups excluding carboxylic acids is 2. The zero-order valence-corrected chi connectivity index (χ0v) is 18.6. The zero-order valence-electron chi connectivity index (χ0n) is 15.8. The fourth-order valence-corrected chi connectivity index (χ4v) is 6.42. The number of esters is 2. The van der Waals surface area contributed by atoms with Gasteiger partial charge in [0.2, 0.25) is 0 Å². The molecular weight excluding hydrogens is 431 g/mol. The predicted octanol–water partition coefficient (Wildman–Crippen LogP) is 2.27. The van der Waals surface area contributed by atoms with Gasteiger partial charge in [-0.05, 0) is 6.08 Å². The Hall–Kier alpha value is -0.601. The normalized spacial score (nSPS) is 22.3. The first kappa shape index (κ1) is 24.4. The number of unbranched alkanes of at least 4 members (excludes halogenated alkanes) is 2. The number of ether oxygens (including phenoxy) is 2.